The molecule has 0 amide bonds. The molecule has 16 heavy (non-hydrogen) atoms. The summed E-state index contributed by atoms with van der Waals surface area (Å²) in [7, 11) is 0. The summed E-state index contributed by atoms with van der Waals surface area (Å²) in [4.78, 5) is 0. The lowest BCUT2D eigenvalue weighted by atomic mass is 9.88. The second-order valence-electron chi connectivity index (χ2n) is 5.22. The molecule has 0 aromatic carbocycles. The monoisotopic (exact) mass is 226 g/mol. The summed E-state index contributed by atoms with van der Waals surface area (Å²) in [6, 6.07) is 2.28. The largest absolute Gasteiger partial charge is 0.394 e. The molecule has 0 atom stereocenters. The summed E-state index contributed by atoms with van der Waals surface area (Å²) >= 11 is 0. The van der Waals surface area contributed by atoms with E-state index in [0.29, 0.717) is 13.2 Å². The second kappa shape index (κ2) is 5.62. The highest BCUT2D eigenvalue weighted by atomic mass is 16.5. The lowest BCUT2D eigenvalue weighted by Gasteiger charge is -2.37. The fourth-order valence-corrected chi connectivity index (χ4v) is 1.85. The lowest BCUT2D eigenvalue weighted by molar-refractivity contribution is 0.0114. The molecule has 1 heterocycles. The SMILES string of the molecule is CC(C)(C#N)CCNC1(CO)CCOCC1. The summed E-state index contributed by atoms with van der Waals surface area (Å²) in [5.41, 5.74) is -0.488. The Morgan fingerprint density at radius 3 is 2.56 bits per heavy atom. The van der Waals surface area contributed by atoms with Gasteiger partial charge in [0.05, 0.1) is 18.1 Å². The summed E-state index contributed by atoms with van der Waals surface area (Å²) < 4.78 is 5.29. The number of hydrogen-bond donors (Lipinski definition) is 2. The zero-order valence-electron chi connectivity index (χ0n) is 10.3. The molecule has 92 valence electrons. The Morgan fingerprint density at radius 1 is 1.44 bits per heavy atom. The van der Waals surface area contributed by atoms with Crippen LogP contribution in [0.2, 0.25) is 0 Å². The van der Waals surface area contributed by atoms with Gasteiger partial charge in [-0.2, -0.15) is 5.26 Å². The Morgan fingerprint density at radius 2 is 2.06 bits per heavy atom. The second-order valence-corrected chi connectivity index (χ2v) is 5.22. The van der Waals surface area contributed by atoms with Crippen molar-refractivity contribution in [1.82, 2.24) is 5.32 Å². The minimum Gasteiger partial charge on any atom is -0.394 e. The number of nitrogens with one attached hydrogen (secondary N) is 1. The molecule has 0 unspecified atom stereocenters. The van der Waals surface area contributed by atoms with Crippen molar-refractivity contribution >= 4 is 0 Å². The van der Waals surface area contributed by atoms with Crippen LogP contribution < -0.4 is 5.32 Å². The van der Waals surface area contributed by atoms with Crippen LogP contribution >= 0.6 is 0 Å². The zero-order chi connectivity index (χ0) is 12.1. The van der Waals surface area contributed by atoms with E-state index in [1.54, 1.807) is 0 Å². The van der Waals surface area contributed by atoms with Crippen molar-refractivity contribution in [2.45, 2.75) is 38.6 Å². The average Bonchev–Trinajstić information content (AvgIpc) is 2.30. The summed E-state index contributed by atoms with van der Waals surface area (Å²) in [6.45, 7) is 6.18. The minimum absolute atomic E-state index is 0.142. The van der Waals surface area contributed by atoms with E-state index in [9.17, 15) is 5.11 Å². The molecule has 0 saturated carbocycles. The molecular formula is C12H22N2O2. The first-order valence-corrected chi connectivity index (χ1v) is 5.88. The highest BCUT2D eigenvalue weighted by molar-refractivity contribution is 4.94. The molecule has 0 aromatic rings. The van der Waals surface area contributed by atoms with Crippen LogP contribution in [0.15, 0.2) is 0 Å². The maximum absolute atomic E-state index is 9.45. The van der Waals surface area contributed by atoms with E-state index in [-0.39, 0.29) is 17.6 Å². The third kappa shape index (κ3) is 3.75. The van der Waals surface area contributed by atoms with E-state index < -0.39 is 0 Å². The Kier molecular flexibility index (Phi) is 4.72. The van der Waals surface area contributed by atoms with Crippen LogP contribution in [-0.2, 0) is 4.74 Å². The van der Waals surface area contributed by atoms with Crippen LogP contribution in [0, 0.1) is 16.7 Å². The average molecular weight is 226 g/mol. The van der Waals surface area contributed by atoms with Gasteiger partial charge >= 0.3 is 0 Å². The normalized spacial score (nSPS) is 20.4. The number of aliphatic hydroxyl groups excluding tert-OH is 1. The summed E-state index contributed by atoms with van der Waals surface area (Å²) in [5, 5.41) is 21.7. The smallest absolute Gasteiger partial charge is 0.0684 e. The number of hydrogen-bond acceptors (Lipinski definition) is 4. The van der Waals surface area contributed by atoms with Gasteiger partial charge in [0.1, 0.15) is 0 Å². The number of ether oxygens (including phenoxy) is 1. The fraction of sp³-hybridized carbons (Fsp3) is 0.917. The van der Waals surface area contributed by atoms with E-state index >= 15 is 0 Å². The van der Waals surface area contributed by atoms with Crippen molar-refractivity contribution in [2.75, 3.05) is 26.4 Å². The third-order valence-corrected chi connectivity index (χ3v) is 3.31. The van der Waals surface area contributed by atoms with Crippen molar-refractivity contribution in [1.29, 1.82) is 5.26 Å². The van der Waals surface area contributed by atoms with Crippen molar-refractivity contribution in [2.24, 2.45) is 5.41 Å². The van der Waals surface area contributed by atoms with E-state index in [1.807, 2.05) is 13.8 Å². The molecule has 0 radical (unpaired) electrons. The first kappa shape index (κ1) is 13.4. The predicted molar refractivity (Wildman–Crippen MR) is 61.9 cm³/mol. The van der Waals surface area contributed by atoms with Gasteiger partial charge in [-0.25, -0.2) is 0 Å². The van der Waals surface area contributed by atoms with E-state index in [0.717, 1.165) is 25.8 Å². The molecule has 0 aromatic heterocycles. The van der Waals surface area contributed by atoms with Gasteiger partial charge in [-0.3, -0.25) is 0 Å². The Hall–Kier alpha value is -0.630. The van der Waals surface area contributed by atoms with Crippen LogP contribution in [0.1, 0.15) is 33.1 Å². The van der Waals surface area contributed by atoms with Crippen molar-refractivity contribution in [3.05, 3.63) is 0 Å². The topological polar surface area (TPSA) is 65.3 Å². The van der Waals surface area contributed by atoms with Crippen LogP contribution in [0.5, 0.6) is 0 Å². The van der Waals surface area contributed by atoms with Crippen molar-refractivity contribution in [3.8, 4) is 6.07 Å². The van der Waals surface area contributed by atoms with Gasteiger partial charge in [0.15, 0.2) is 0 Å². The molecular weight excluding hydrogens is 204 g/mol. The maximum Gasteiger partial charge on any atom is 0.0684 e. The highest BCUT2D eigenvalue weighted by Gasteiger charge is 2.31. The van der Waals surface area contributed by atoms with E-state index in [1.165, 1.54) is 0 Å². The molecule has 1 rings (SSSR count). The quantitative estimate of drug-likeness (QED) is 0.735. The molecule has 0 spiro atoms. The molecule has 1 aliphatic heterocycles. The Bertz CT molecular complexity index is 252. The van der Waals surface area contributed by atoms with Gasteiger partial charge in [-0.15, -0.1) is 0 Å². The minimum atomic E-state index is -0.297. The van der Waals surface area contributed by atoms with Crippen LogP contribution in [-0.4, -0.2) is 37.0 Å². The van der Waals surface area contributed by atoms with Crippen molar-refractivity contribution < 1.29 is 9.84 Å². The number of rotatable bonds is 5. The zero-order valence-corrected chi connectivity index (χ0v) is 10.3. The first-order chi connectivity index (χ1) is 7.54. The van der Waals surface area contributed by atoms with Gasteiger partial charge in [0, 0.05) is 18.8 Å². The van der Waals surface area contributed by atoms with Gasteiger partial charge in [-0.1, -0.05) is 0 Å². The fourth-order valence-electron chi connectivity index (χ4n) is 1.85. The van der Waals surface area contributed by atoms with Gasteiger partial charge < -0.3 is 15.2 Å². The van der Waals surface area contributed by atoms with Crippen LogP contribution in [0.4, 0.5) is 0 Å². The van der Waals surface area contributed by atoms with Gasteiger partial charge in [0.25, 0.3) is 0 Å². The van der Waals surface area contributed by atoms with E-state index in [4.69, 9.17) is 10.00 Å². The molecule has 1 aliphatic rings. The predicted octanol–water partition coefficient (Wildman–Crippen LogP) is 1.06. The number of aliphatic hydroxyl groups is 1. The maximum atomic E-state index is 9.45. The molecule has 0 bridgehead atoms. The van der Waals surface area contributed by atoms with E-state index in [2.05, 4.69) is 11.4 Å². The molecule has 4 heteroatoms. The highest BCUT2D eigenvalue weighted by Crippen LogP contribution is 2.22. The van der Waals surface area contributed by atoms with Crippen molar-refractivity contribution in [3.63, 3.8) is 0 Å². The Balaban J connectivity index is 2.37. The number of nitriles is 1. The molecule has 2 N–H and O–H groups in total. The summed E-state index contributed by atoms with van der Waals surface area (Å²) in [5.74, 6) is 0. The molecule has 1 saturated heterocycles. The summed E-state index contributed by atoms with van der Waals surface area (Å²) in [6.07, 6.45) is 2.49. The van der Waals surface area contributed by atoms with Crippen LogP contribution in [0.3, 0.4) is 0 Å². The van der Waals surface area contributed by atoms with Crippen LogP contribution in [0.25, 0.3) is 0 Å². The first-order valence-electron chi connectivity index (χ1n) is 5.88. The number of nitrogens with zero attached hydrogens (tertiary/aromatic N) is 1. The standard InChI is InChI=1S/C12H22N2O2/c1-11(2,9-13)3-6-14-12(10-15)4-7-16-8-5-12/h14-15H,3-8,10H2,1-2H3. The molecule has 1 fully saturated rings. The molecule has 4 nitrogen and oxygen atoms in total. The molecule has 0 aliphatic carbocycles. The van der Waals surface area contributed by atoms with Gasteiger partial charge in [0.2, 0.25) is 0 Å². The van der Waals surface area contributed by atoms with Gasteiger partial charge in [-0.05, 0) is 39.7 Å². The third-order valence-electron chi connectivity index (χ3n) is 3.31. The Labute approximate surface area is 97.6 Å². The lowest BCUT2D eigenvalue weighted by Crippen LogP contribution is -2.52.